The zero-order valence-electron chi connectivity index (χ0n) is 9.29. The summed E-state index contributed by atoms with van der Waals surface area (Å²) in [6.07, 6.45) is 0. The smallest absolute Gasteiger partial charge is 0.145 e. The van der Waals surface area contributed by atoms with Crippen molar-refractivity contribution in [3.05, 3.63) is 58.6 Å². The van der Waals surface area contributed by atoms with E-state index in [-0.39, 0.29) is 17.4 Å². The van der Waals surface area contributed by atoms with Gasteiger partial charge < -0.3 is 10.5 Å². The third-order valence-electron chi connectivity index (χ3n) is 2.35. The van der Waals surface area contributed by atoms with Crippen LogP contribution in [0.4, 0.5) is 14.5 Å². The molecule has 0 aromatic heterocycles. The molecule has 0 fully saturated rings. The molecule has 0 aliphatic heterocycles. The topological polar surface area (TPSA) is 35.2 Å². The van der Waals surface area contributed by atoms with E-state index in [0.29, 0.717) is 11.3 Å². The first-order valence-electron chi connectivity index (χ1n) is 5.18. The maximum atomic E-state index is 13.2. The zero-order valence-corrected chi connectivity index (χ0v) is 10.0. The molecule has 0 bridgehead atoms. The zero-order chi connectivity index (χ0) is 13.1. The molecular formula is C13H10ClF2NO. The van der Waals surface area contributed by atoms with E-state index in [2.05, 4.69) is 0 Å². The summed E-state index contributed by atoms with van der Waals surface area (Å²) in [6.45, 7) is 0.0851. The first-order chi connectivity index (χ1) is 8.56. The maximum absolute atomic E-state index is 13.2. The van der Waals surface area contributed by atoms with Crippen molar-refractivity contribution in [2.45, 2.75) is 6.61 Å². The molecule has 0 unspecified atom stereocenters. The quantitative estimate of drug-likeness (QED) is 0.861. The number of ether oxygens (including phenoxy) is 1. The average molecular weight is 270 g/mol. The number of nitrogens with two attached hydrogens (primary N) is 1. The highest BCUT2D eigenvalue weighted by Crippen LogP contribution is 2.23. The molecule has 0 amide bonds. The van der Waals surface area contributed by atoms with Crippen molar-refractivity contribution < 1.29 is 13.5 Å². The molecule has 0 spiro atoms. The number of nitrogen functional groups attached to an aromatic ring is 1. The fourth-order valence-corrected chi connectivity index (χ4v) is 1.54. The highest BCUT2D eigenvalue weighted by atomic mass is 35.5. The molecule has 2 aromatic rings. The van der Waals surface area contributed by atoms with E-state index in [9.17, 15) is 8.78 Å². The molecule has 2 rings (SSSR count). The second kappa shape index (κ2) is 5.23. The second-order valence-electron chi connectivity index (χ2n) is 3.72. The van der Waals surface area contributed by atoms with E-state index in [4.69, 9.17) is 22.1 Å². The summed E-state index contributed by atoms with van der Waals surface area (Å²) in [5.41, 5.74) is 6.53. The lowest BCUT2D eigenvalue weighted by Gasteiger charge is -2.09. The van der Waals surface area contributed by atoms with E-state index >= 15 is 0 Å². The van der Waals surface area contributed by atoms with Gasteiger partial charge in [-0.15, -0.1) is 0 Å². The predicted octanol–water partition coefficient (Wildman–Crippen LogP) is 3.78. The van der Waals surface area contributed by atoms with Gasteiger partial charge in [0.05, 0.1) is 10.7 Å². The third kappa shape index (κ3) is 2.90. The Labute approximate surface area is 108 Å². The lowest BCUT2D eigenvalue weighted by molar-refractivity contribution is 0.305. The molecule has 2 nitrogen and oxygen atoms in total. The standard InChI is InChI=1S/C13H10ClF2NO/c14-10-3-1-8(5-11(10)16)7-18-13-6-9(15)2-4-12(13)17/h1-6H,7,17H2. The van der Waals surface area contributed by atoms with E-state index in [1.807, 2.05) is 0 Å². The Morgan fingerprint density at radius 1 is 1.11 bits per heavy atom. The number of hydrogen-bond acceptors (Lipinski definition) is 2. The van der Waals surface area contributed by atoms with Crippen LogP contribution in [-0.2, 0) is 6.61 Å². The Morgan fingerprint density at radius 3 is 2.61 bits per heavy atom. The normalized spacial score (nSPS) is 10.4. The summed E-state index contributed by atoms with van der Waals surface area (Å²) in [7, 11) is 0. The molecule has 0 aliphatic rings. The molecule has 5 heteroatoms. The van der Waals surface area contributed by atoms with Crippen molar-refractivity contribution >= 4 is 17.3 Å². The molecule has 18 heavy (non-hydrogen) atoms. The van der Waals surface area contributed by atoms with Gasteiger partial charge in [-0.25, -0.2) is 8.78 Å². The van der Waals surface area contributed by atoms with Crippen LogP contribution >= 0.6 is 11.6 Å². The Balaban J connectivity index is 2.11. The minimum atomic E-state index is -0.523. The first kappa shape index (κ1) is 12.6. The molecule has 0 radical (unpaired) electrons. The summed E-state index contributed by atoms with van der Waals surface area (Å²) in [5.74, 6) is -0.739. The molecule has 0 aliphatic carbocycles. The van der Waals surface area contributed by atoms with Crippen LogP contribution in [0.5, 0.6) is 5.75 Å². The van der Waals surface area contributed by atoms with Gasteiger partial charge >= 0.3 is 0 Å². The SMILES string of the molecule is Nc1ccc(F)cc1OCc1ccc(Cl)c(F)c1. The third-order valence-corrected chi connectivity index (χ3v) is 2.66. The van der Waals surface area contributed by atoms with E-state index in [1.54, 1.807) is 6.07 Å². The summed E-state index contributed by atoms with van der Waals surface area (Å²) in [6, 6.07) is 8.15. The minimum absolute atomic E-state index is 0.0454. The van der Waals surface area contributed by atoms with Gasteiger partial charge in [-0.05, 0) is 29.8 Å². The summed E-state index contributed by atoms with van der Waals surface area (Å²) in [4.78, 5) is 0. The number of halogens is 3. The molecule has 94 valence electrons. The predicted molar refractivity (Wildman–Crippen MR) is 66.6 cm³/mol. The van der Waals surface area contributed by atoms with Gasteiger partial charge in [0.2, 0.25) is 0 Å². The average Bonchev–Trinajstić information content (AvgIpc) is 2.34. The van der Waals surface area contributed by atoms with Gasteiger partial charge in [0.1, 0.15) is 24.0 Å². The largest absolute Gasteiger partial charge is 0.487 e. The van der Waals surface area contributed by atoms with Crippen LogP contribution in [0.3, 0.4) is 0 Å². The lowest BCUT2D eigenvalue weighted by atomic mass is 10.2. The Morgan fingerprint density at radius 2 is 1.89 bits per heavy atom. The Hall–Kier alpha value is -1.81. The lowest BCUT2D eigenvalue weighted by Crippen LogP contribution is -1.99. The van der Waals surface area contributed by atoms with Gasteiger partial charge in [0.15, 0.2) is 0 Å². The first-order valence-corrected chi connectivity index (χ1v) is 5.56. The maximum Gasteiger partial charge on any atom is 0.145 e. The highest BCUT2D eigenvalue weighted by Gasteiger charge is 2.05. The minimum Gasteiger partial charge on any atom is -0.487 e. The molecule has 2 aromatic carbocycles. The van der Waals surface area contributed by atoms with Gasteiger partial charge in [0, 0.05) is 6.07 Å². The van der Waals surface area contributed by atoms with Gasteiger partial charge in [-0.2, -0.15) is 0 Å². The molecule has 0 heterocycles. The molecule has 0 saturated carbocycles. The van der Waals surface area contributed by atoms with Crippen LogP contribution in [0, 0.1) is 11.6 Å². The summed E-state index contributed by atoms with van der Waals surface area (Å²) in [5, 5.41) is 0.0454. The van der Waals surface area contributed by atoms with Crippen LogP contribution in [-0.4, -0.2) is 0 Å². The van der Waals surface area contributed by atoms with Crippen LogP contribution in [0.1, 0.15) is 5.56 Å². The van der Waals surface area contributed by atoms with Crippen molar-refractivity contribution in [1.82, 2.24) is 0 Å². The number of anilines is 1. The number of hydrogen-bond donors (Lipinski definition) is 1. The van der Waals surface area contributed by atoms with E-state index < -0.39 is 11.6 Å². The van der Waals surface area contributed by atoms with E-state index in [0.717, 1.165) is 0 Å². The Bertz CT molecular complexity index is 575. The fraction of sp³-hybridized carbons (Fsp3) is 0.0769. The van der Waals surface area contributed by atoms with Gasteiger partial charge in [-0.3, -0.25) is 0 Å². The second-order valence-corrected chi connectivity index (χ2v) is 4.13. The monoisotopic (exact) mass is 269 g/mol. The van der Waals surface area contributed by atoms with Gasteiger partial charge in [-0.1, -0.05) is 17.7 Å². The van der Waals surface area contributed by atoms with Crippen molar-refractivity contribution in [3.8, 4) is 5.75 Å². The van der Waals surface area contributed by atoms with Crippen molar-refractivity contribution in [1.29, 1.82) is 0 Å². The van der Waals surface area contributed by atoms with Crippen LogP contribution < -0.4 is 10.5 Å². The Kier molecular flexibility index (Phi) is 3.67. The van der Waals surface area contributed by atoms with Crippen LogP contribution in [0.25, 0.3) is 0 Å². The van der Waals surface area contributed by atoms with Crippen molar-refractivity contribution in [2.24, 2.45) is 0 Å². The summed E-state index contributed by atoms with van der Waals surface area (Å²) < 4.78 is 31.5. The molecule has 0 atom stereocenters. The molecule has 2 N–H and O–H groups in total. The van der Waals surface area contributed by atoms with E-state index in [1.165, 1.54) is 30.3 Å². The number of rotatable bonds is 3. The summed E-state index contributed by atoms with van der Waals surface area (Å²) >= 11 is 5.56. The fourth-order valence-electron chi connectivity index (χ4n) is 1.42. The number of benzene rings is 2. The van der Waals surface area contributed by atoms with Crippen LogP contribution in [0.15, 0.2) is 36.4 Å². The van der Waals surface area contributed by atoms with Crippen molar-refractivity contribution in [3.63, 3.8) is 0 Å². The highest BCUT2D eigenvalue weighted by molar-refractivity contribution is 6.30. The van der Waals surface area contributed by atoms with Crippen LogP contribution in [0.2, 0.25) is 5.02 Å². The van der Waals surface area contributed by atoms with Gasteiger partial charge in [0.25, 0.3) is 0 Å². The molecular weight excluding hydrogens is 260 g/mol. The van der Waals surface area contributed by atoms with Crippen molar-refractivity contribution in [2.75, 3.05) is 5.73 Å². The molecule has 0 saturated heterocycles.